The van der Waals surface area contributed by atoms with Gasteiger partial charge in [-0.25, -0.2) is 0 Å². The second kappa shape index (κ2) is 9.35. The van der Waals surface area contributed by atoms with Gasteiger partial charge in [0.15, 0.2) is 0 Å². The summed E-state index contributed by atoms with van der Waals surface area (Å²) < 4.78 is 1.74. The number of carbonyl (C=O) groups is 2. The molecule has 0 aliphatic heterocycles. The molecule has 0 spiro atoms. The highest BCUT2D eigenvalue weighted by atomic mass is 16.2. The topological polar surface area (TPSA) is 80.2 Å². The lowest BCUT2D eigenvalue weighted by Crippen LogP contribution is -2.37. The van der Waals surface area contributed by atoms with E-state index >= 15 is 0 Å². The van der Waals surface area contributed by atoms with Crippen LogP contribution in [-0.4, -0.2) is 22.4 Å². The van der Waals surface area contributed by atoms with Crippen LogP contribution < -0.4 is 16.1 Å². The molecule has 0 aliphatic rings. The molecule has 2 rings (SSSR count). The lowest BCUT2D eigenvalue weighted by molar-refractivity contribution is 0.0941. The summed E-state index contributed by atoms with van der Waals surface area (Å²) in [7, 11) is 0. The minimum absolute atomic E-state index is 0.0164. The van der Waals surface area contributed by atoms with Gasteiger partial charge in [-0.2, -0.15) is 0 Å². The second-order valence-corrected chi connectivity index (χ2v) is 7.80. The number of nitrogens with one attached hydrogen (secondary N) is 2. The summed E-state index contributed by atoms with van der Waals surface area (Å²) in [5.74, 6) is -0.653. The molecule has 0 aliphatic carbocycles. The highest BCUT2D eigenvalue weighted by Gasteiger charge is 2.20. The van der Waals surface area contributed by atoms with Crippen LogP contribution in [0.1, 0.15) is 59.5 Å². The fraction of sp³-hybridized carbons (Fsp3) is 0.409. The number of aryl methyl sites for hydroxylation is 1. The van der Waals surface area contributed by atoms with Crippen LogP contribution in [0.4, 0.5) is 0 Å². The third-order valence-electron chi connectivity index (χ3n) is 4.14. The van der Waals surface area contributed by atoms with Gasteiger partial charge in [0.25, 0.3) is 11.8 Å². The molecule has 0 atom stereocenters. The number of hydrogen-bond donors (Lipinski definition) is 2. The summed E-state index contributed by atoms with van der Waals surface area (Å²) in [6.07, 6.45) is 3.05. The van der Waals surface area contributed by atoms with Crippen LogP contribution in [0.3, 0.4) is 0 Å². The molecule has 2 aromatic rings. The first-order valence-corrected chi connectivity index (χ1v) is 9.56. The summed E-state index contributed by atoms with van der Waals surface area (Å²) in [5, 5.41) is 5.50. The smallest absolute Gasteiger partial charge is 0.257 e. The minimum atomic E-state index is -0.556. The van der Waals surface area contributed by atoms with Crippen molar-refractivity contribution in [2.75, 3.05) is 0 Å². The fourth-order valence-electron chi connectivity index (χ4n) is 2.81. The van der Waals surface area contributed by atoms with Gasteiger partial charge in [0.1, 0.15) is 11.1 Å². The van der Waals surface area contributed by atoms with E-state index in [0.717, 1.165) is 11.1 Å². The van der Waals surface area contributed by atoms with E-state index in [1.54, 1.807) is 4.57 Å². The number of pyridine rings is 1. The predicted molar refractivity (Wildman–Crippen MR) is 110 cm³/mol. The molecule has 0 unspecified atom stereocenters. The van der Waals surface area contributed by atoms with Crippen LogP contribution in [0.5, 0.6) is 0 Å². The Morgan fingerprint density at radius 2 is 1.54 bits per heavy atom. The molecule has 0 saturated carbocycles. The van der Waals surface area contributed by atoms with Crippen molar-refractivity contribution in [2.45, 2.75) is 53.8 Å². The third kappa shape index (κ3) is 5.81. The zero-order valence-electron chi connectivity index (χ0n) is 17.2. The normalized spacial score (nSPS) is 11.0. The van der Waals surface area contributed by atoms with Gasteiger partial charge in [-0.3, -0.25) is 14.4 Å². The van der Waals surface area contributed by atoms with Gasteiger partial charge in [0.2, 0.25) is 5.43 Å². The van der Waals surface area contributed by atoms with Crippen LogP contribution in [-0.2, 0) is 13.1 Å². The molecule has 1 heterocycles. The summed E-state index contributed by atoms with van der Waals surface area (Å²) in [6.45, 7) is 10.6. The van der Waals surface area contributed by atoms with Crippen molar-refractivity contribution < 1.29 is 9.59 Å². The molecule has 150 valence electrons. The Balaban J connectivity index is 2.31. The Morgan fingerprint density at radius 3 is 2.07 bits per heavy atom. The van der Waals surface area contributed by atoms with Crippen molar-refractivity contribution >= 4 is 11.8 Å². The summed E-state index contributed by atoms with van der Waals surface area (Å²) in [4.78, 5) is 37.9. The van der Waals surface area contributed by atoms with E-state index in [9.17, 15) is 14.4 Å². The molecule has 28 heavy (non-hydrogen) atoms. The van der Waals surface area contributed by atoms with Gasteiger partial charge in [0, 0.05) is 31.5 Å². The Kier molecular flexibility index (Phi) is 7.15. The molecule has 1 aromatic heterocycles. The molecule has 2 amide bonds. The number of rotatable bonds is 7. The SMILES string of the molecule is Cc1ccc(CNC(=O)c2cn(CC(C)C)cc(C(=O)NC(C)C)c2=O)cc1. The van der Waals surface area contributed by atoms with Crippen molar-refractivity contribution in [3.8, 4) is 0 Å². The van der Waals surface area contributed by atoms with Crippen molar-refractivity contribution in [3.63, 3.8) is 0 Å². The van der Waals surface area contributed by atoms with Crippen molar-refractivity contribution in [1.29, 1.82) is 0 Å². The van der Waals surface area contributed by atoms with Gasteiger partial charge < -0.3 is 15.2 Å². The molecule has 2 N–H and O–H groups in total. The molecule has 0 radical (unpaired) electrons. The van der Waals surface area contributed by atoms with E-state index in [-0.39, 0.29) is 17.2 Å². The van der Waals surface area contributed by atoms with Crippen molar-refractivity contribution in [2.24, 2.45) is 5.92 Å². The molecule has 0 saturated heterocycles. The van der Waals surface area contributed by atoms with Crippen LogP contribution in [0.25, 0.3) is 0 Å². The van der Waals surface area contributed by atoms with Crippen LogP contribution >= 0.6 is 0 Å². The molecule has 6 heteroatoms. The summed E-state index contributed by atoms with van der Waals surface area (Å²) in [6, 6.07) is 7.68. The zero-order chi connectivity index (χ0) is 20.8. The number of amides is 2. The maximum absolute atomic E-state index is 12.8. The predicted octanol–water partition coefficient (Wildman–Crippen LogP) is 2.88. The molecule has 1 aromatic carbocycles. The number of carbonyl (C=O) groups excluding carboxylic acids is 2. The van der Waals surface area contributed by atoms with E-state index in [2.05, 4.69) is 10.6 Å². The first-order chi connectivity index (χ1) is 13.2. The quantitative estimate of drug-likeness (QED) is 0.771. The van der Waals surface area contributed by atoms with Crippen LogP contribution in [0, 0.1) is 12.8 Å². The molecular weight excluding hydrogens is 354 g/mol. The van der Waals surface area contributed by atoms with E-state index < -0.39 is 17.2 Å². The first kappa shape index (κ1) is 21.4. The summed E-state index contributed by atoms with van der Waals surface area (Å²) >= 11 is 0. The number of aromatic nitrogens is 1. The van der Waals surface area contributed by atoms with Crippen molar-refractivity contribution in [1.82, 2.24) is 15.2 Å². The fourth-order valence-corrected chi connectivity index (χ4v) is 2.81. The van der Waals surface area contributed by atoms with Gasteiger partial charge >= 0.3 is 0 Å². The minimum Gasteiger partial charge on any atom is -0.352 e. The van der Waals surface area contributed by atoms with Gasteiger partial charge in [-0.1, -0.05) is 43.7 Å². The average Bonchev–Trinajstić information content (AvgIpc) is 2.61. The van der Waals surface area contributed by atoms with E-state index in [1.807, 2.05) is 58.9 Å². The van der Waals surface area contributed by atoms with Gasteiger partial charge in [-0.15, -0.1) is 0 Å². The zero-order valence-corrected chi connectivity index (χ0v) is 17.2. The molecule has 0 fully saturated rings. The maximum Gasteiger partial charge on any atom is 0.257 e. The Morgan fingerprint density at radius 1 is 0.964 bits per heavy atom. The first-order valence-electron chi connectivity index (χ1n) is 9.56. The van der Waals surface area contributed by atoms with E-state index in [4.69, 9.17) is 0 Å². The van der Waals surface area contributed by atoms with E-state index in [0.29, 0.717) is 19.0 Å². The number of nitrogens with zero attached hydrogens (tertiary/aromatic N) is 1. The van der Waals surface area contributed by atoms with Crippen molar-refractivity contribution in [3.05, 3.63) is 69.1 Å². The standard InChI is InChI=1S/C22H29N3O3/c1-14(2)11-25-12-18(20(26)19(13-25)22(28)24-15(3)4)21(27)23-10-17-8-6-16(5)7-9-17/h6-9,12-15H,10-11H2,1-5H3,(H,23,27)(H,24,28). The average molecular weight is 383 g/mol. The molecule has 6 nitrogen and oxygen atoms in total. The Labute approximate surface area is 166 Å². The highest BCUT2D eigenvalue weighted by molar-refractivity contribution is 5.99. The molecule has 0 bridgehead atoms. The van der Waals surface area contributed by atoms with Crippen LogP contribution in [0.2, 0.25) is 0 Å². The van der Waals surface area contributed by atoms with E-state index in [1.165, 1.54) is 12.4 Å². The van der Waals surface area contributed by atoms with Gasteiger partial charge in [0.05, 0.1) is 0 Å². The Bertz CT molecular complexity index is 896. The van der Waals surface area contributed by atoms with Gasteiger partial charge in [-0.05, 0) is 32.3 Å². The third-order valence-corrected chi connectivity index (χ3v) is 4.14. The second-order valence-electron chi connectivity index (χ2n) is 7.80. The lowest BCUT2D eigenvalue weighted by Gasteiger charge is -2.15. The van der Waals surface area contributed by atoms with Crippen LogP contribution in [0.15, 0.2) is 41.5 Å². The number of benzene rings is 1. The molecular formula is C22H29N3O3. The lowest BCUT2D eigenvalue weighted by atomic mass is 10.1. The Hall–Kier alpha value is -2.89. The highest BCUT2D eigenvalue weighted by Crippen LogP contribution is 2.06. The monoisotopic (exact) mass is 383 g/mol. The summed E-state index contributed by atoms with van der Waals surface area (Å²) in [5.41, 5.74) is 1.48. The number of hydrogen-bond acceptors (Lipinski definition) is 3. The maximum atomic E-state index is 12.8. The largest absolute Gasteiger partial charge is 0.352 e.